The zero-order chi connectivity index (χ0) is 13.0. The highest BCUT2D eigenvalue weighted by Gasteiger charge is 2.20. The summed E-state index contributed by atoms with van der Waals surface area (Å²) in [5.74, 6) is 1.24. The van der Waals surface area contributed by atoms with E-state index in [-0.39, 0.29) is 22.4 Å². The molecule has 0 amide bonds. The Labute approximate surface area is 113 Å². The summed E-state index contributed by atoms with van der Waals surface area (Å²) in [4.78, 5) is 11.9. The van der Waals surface area contributed by atoms with Gasteiger partial charge >= 0.3 is 0 Å². The van der Waals surface area contributed by atoms with Gasteiger partial charge in [-0.2, -0.15) is 0 Å². The second-order valence-corrected chi connectivity index (χ2v) is 6.28. The Morgan fingerprint density at radius 1 is 1.24 bits per heavy atom. The summed E-state index contributed by atoms with van der Waals surface area (Å²) in [6.07, 6.45) is 0. The van der Waals surface area contributed by atoms with Crippen LogP contribution in [0.5, 0.6) is 5.75 Å². The zero-order valence-electron chi connectivity index (χ0n) is 10.3. The predicted molar refractivity (Wildman–Crippen MR) is 78.1 cm³/mol. The van der Waals surface area contributed by atoms with Crippen LogP contribution in [0.4, 0.5) is 0 Å². The number of halogens is 1. The summed E-state index contributed by atoms with van der Waals surface area (Å²) >= 11 is 3.42. The topological polar surface area (TPSA) is 26.3 Å². The maximum Gasteiger partial charge on any atom is 0.176 e. The Morgan fingerprint density at radius 2 is 1.76 bits per heavy atom. The van der Waals surface area contributed by atoms with E-state index in [1.165, 1.54) is 0 Å². The van der Waals surface area contributed by atoms with Crippen molar-refractivity contribution in [2.45, 2.75) is 31.4 Å². The molecule has 0 radical (unpaired) electrons. The maximum atomic E-state index is 12.0. The minimum atomic E-state index is -0.130. The van der Waals surface area contributed by atoms with Crippen LogP contribution in [0.15, 0.2) is 24.3 Å². The van der Waals surface area contributed by atoms with Gasteiger partial charge in [-0.15, -0.1) is 0 Å². The summed E-state index contributed by atoms with van der Waals surface area (Å²) in [6.45, 7) is 5.98. The molecule has 0 spiro atoms. The van der Waals surface area contributed by atoms with Gasteiger partial charge in [0.1, 0.15) is 11.6 Å². The predicted octanol–water partition coefficient (Wildman–Crippen LogP) is 3.89. The number of hydrogen-bond acceptors (Lipinski definition) is 2. The van der Waals surface area contributed by atoms with Crippen LogP contribution in [0.3, 0.4) is 0 Å². The number of ketones is 1. The summed E-state index contributed by atoms with van der Waals surface area (Å²) in [7, 11) is 2.57. The molecule has 3 unspecified atom stereocenters. The molecule has 94 valence electrons. The van der Waals surface area contributed by atoms with Crippen LogP contribution in [0, 0.1) is 5.92 Å². The molecule has 1 aromatic carbocycles. The number of carbonyl (C=O) groups excluding carboxylic acids is 1. The lowest BCUT2D eigenvalue weighted by Gasteiger charge is -2.13. The molecule has 0 bridgehead atoms. The molecular weight excluding hydrogens is 299 g/mol. The van der Waals surface area contributed by atoms with E-state index in [0.717, 1.165) is 5.75 Å². The first kappa shape index (κ1) is 14.7. The number of Topliss-reactive ketones (excluding diaryl/α,β-unsaturated/α-hetero) is 1. The first-order valence-corrected chi connectivity index (χ1v) is 7.20. The van der Waals surface area contributed by atoms with E-state index in [1.54, 1.807) is 12.1 Å². The lowest BCUT2D eigenvalue weighted by Crippen LogP contribution is -2.19. The van der Waals surface area contributed by atoms with Crippen molar-refractivity contribution in [1.29, 1.82) is 0 Å². The number of alkyl halides is 1. The third-order valence-corrected chi connectivity index (χ3v) is 3.91. The fourth-order valence-corrected chi connectivity index (χ4v) is 1.80. The van der Waals surface area contributed by atoms with Crippen LogP contribution < -0.4 is 4.74 Å². The van der Waals surface area contributed by atoms with Gasteiger partial charge in [0.2, 0.25) is 0 Å². The Kier molecular flexibility index (Phi) is 5.61. The van der Waals surface area contributed by atoms with Crippen molar-refractivity contribution in [2.75, 3.05) is 0 Å². The minimum absolute atomic E-state index is 0.0659. The SMILES string of the molecule is CC(P)Oc1ccc(C(=O)C(Br)C(C)C)cc1. The molecule has 3 atom stereocenters. The van der Waals surface area contributed by atoms with Gasteiger partial charge in [-0.1, -0.05) is 39.0 Å². The van der Waals surface area contributed by atoms with E-state index in [2.05, 4.69) is 25.2 Å². The minimum Gasteiger partial charge on any atom is -0.487 e. The largest absolute Gasteiger partial charge is 0.487 e. The molecule has 0 N–H and O–H groups in total. The van der Waals surface area contributed by atoms with E-state index in [9.17, 15) is 4.79 Å². The van der Waals surface area contributed by atoms with Crippen molar-refractivity contribution in [3.8, 4) is 5.75 Å². The molecule has 0 aliphatic carbocycles. The van der Waals surface area contributed by atoms with Crippen LogP contribution in [0.2, 0.25) is 0 Å². The highest BCUT2D eigenvalue weighted by molar-refractivity contribution is 9.10. The lowest BCUT2D eigenvalue weighted by atomic mass is 10.0. The Balaban J connectivity index is 2.77. The van der Waals surface area contributed by atoms with Crippen molar-refractivity contribution in [3.05, 3.63) is 29.8 Å². The second kappa shape index (κ2) is 6.51. The van der Waals surface area contributed by atoms with E-state index < -0.39 is 0 Å². The van der Waals surface area contributed by atoms with Gasteiger partial charge in [0.15, 0.2) is 5.78 Å². The van der Waals surface area contributed by atoms with Crippen molar-refractivity contribution in [3.63, 3.8) is 0 Å². The van der Waals surface area contributed by atoms with Gasteiger partial charge in [0.25, 0.3) is 0 Å². The normalized spacial score (nSPS) is 14.5. The quantitative estimate of drug-likeness (QED) is 0.468. The van der Waals surface area contributed by atoms with E-state index in [1.807, 2.05) is 32.9 Å². The summed E-state index contributed by atoms with van der Waals surface area (Å²) in [5.41, 5.74) is 0.712. The average Bonchev–Trinajstić information content (AvgIpc) is 2.27. The molecule has 0 heterocycles. The van der Waals surface area contributed by atoms with E-state index in [0.29, 0.717) is 5.56 Å². The molecule has 2 nitrogen and oxygen atoms in total. The monoisotopic (exact) mass is 316 g/mol. The highest BCUT2D eigenvalue weighted by atomic mass is 79.9. The van der Waals surface area contributed by atoms with Crippen LogP contribution in [0.1, 0.15) is 31.1 Å². The van der Waals surface area contributed by atoms with Gasteiger partial charge in [-0.3, -0.25) is 4.79 Å². The second-order valence-electron chi connectivity index (χ2n) is 4.36. The number of ether oxygens (including phenoxy) is 1. The third-order valence-electron chi connectivity index (χ3n) is 2.30. The fraction of sp³-hybridized carbons (Fsp3) is 0.462. The standard InChI is InChI=1S/C13H18BrO2P/c1-8(2)12(14)13(15)10-4-6-11(7-5-10)16-9(3)17/h4-9,12H,17H2,1-3H3. The van der Waals surface area contributed by atoms with Gasteiger partial charge in [-0.25, -0.2) is 0 Å². The van der Waals surface area contributed by atoms with Gasteiger partial charge in [0.05, 0.1) is 4.83 Å². The number of benzene rings is 1. The van der Waals surface area contributed by atoms with Crippen LogP contribution >= 0.6 is 25.2 Å². The third kappa shape index (κ3) is 4.40. The van der Waals surface area contributed by atoms with Crippen molar-refractivity contribution in [2.24, 2.45) is 5.92 Å². The molecule has 4 heteroatoms. The van der Waals surface area contributed by atoms with Crippen molar-refractivity contribution in [1.82, 2.24) is 0 Å². The fourth-order valence-electron chi connectivity index (χ4n) is 1.37. The number of carbonyl (C=O) groups is 1. The summed E-state index contributed by atoms with van der Waals surface area (Å²) < 4.78 is 5.50. The molecule has 17 heavy (non-hydrogen) atoms. The molecule has 0 aliphatic rings. The van der Waals surface area contributed by atoms with E-state index >= 15 is 0 Å². The molecule has 1 rings (SSSR count). The van der Waals surface area contributed by atoms with Gasteiger partial charge < -0.3 is 4.74 Å². The maximum absolute atomic E-state index is 12.0. The number of hydrogen-bond donors (Lipinski definition) is 0. The molecule has 0 aromatic heterocycles. The van der Waals surface area contributed by atoms with E-state index in [4.69, 9.17) is 4.74 Å². The number of rotatable bonds is 5. The van der Waals surface area contributed by atoms with Crippen LogP contribution in [-0.2, 0) is 0 Å². The molecule has 1 aromatic rings. The average molecular weight is 317 g/mol. The molecule has 0 aliphatic heterocycles. The lowest BCUT2D eigenvalue weighted by molar-refractivity contribution is 0.0978. The Hall–Kier alpha value is -0.400. The first-order valence-electron chi connectivity index (χ1n) is 5.62. The summed E-state index contributed by atoms with van der Waals surface area (Å²) in [5, 5.41) is 0. The first-order chi connectivity index (χ1) is 7.91. The Bertz CT molecular complexity index is 374. The summed E-state index contributed by atoms with van der Waals surface area (Å²) in [6, 6.07) is 7.27. The van der Waals surface area contributed by atoms with Crippen molar-refractivity contribution >= 4 is 31.0 Å². The zero-order valence-corrected chi connectivity index (χ0v) is 13.1. The molecule has 0 saturated heterocycles. The van der Waals surface area contributed by atoms with Crippen molar-refractivity contribution < 1.29 is 9.53 Å². The smallest absolute Gasteiger partial charge is 0.176 e. The van der Waals surface area contributed by atoms with Crippen LogP contribution in [-0.4, -0.2) is 16.5 Å². The van der Waals surface area contributed by atoms with Gasteiger partial charge in [0, 0.05) is 5.56 Å². The van der Waals surface area contributed by atoms with Crippen LogP contribution in [0.25, 0.3) is 0 Å². The Morgan fingerprint density at radius 3 is 2.18 bits per heavy atom. The molecule has 0 saturated carbocycles. The highest BCUT2D eigenvalue weighted by Crippen LogP contribution is 2.21. The molecular formula is C13H18BrO2P. The van der Waals surface area contributed by atoms with Gasteiger partial charge in [-0.05, 0) is 37.1 Å². The molecule has 0 fully saturated rings.